The van der Waals surface area contributed by atoms with Gasteiger partial charge in [-0.25, -0.2) is 4.79 Å². The zero-order valence-electron chi connectivity index (χ0n) is 14.2. The zero-order chi connectivity index (χ0) is 16.7. The lowest BCUT2D eigenvalue weighted by atomic mass is 9.93. The van der Waals surface area contributed by atoms with Gasteiger partial charge in [0.1, 0.15) is 5.75 Å². The fourth-order valence-corrected chi connectivity index (χ4v) is 3.25. The highest BCUT2D eigenvalue weighted by Gasteiger charge is 2.21. The summed E-state index contributed by atoms with van der Waals surface area (Å²) < 4.78 is 10.3. The minimum atomic E-state index is -0.368. The molecule has 0 aliphatic heterocycles. The van der Waals surface area contributed by atoms with E-state index in [1.807, 2.05) is 12.1 Å². The summed E-state index contributed by atoms with van der Waals surface area (Å²) in [4.78, 5) is 13.7. The van der Waals surface area contributed by atoms with Crippen molar-refractivity contribution in [1.82, 2.24) is 0 Å². The van der Waals surface area contributed by atoms with Gasteiger partial charge in [-0.05, 0) is 38.8 Å². The molecule has 0 unspecified atom stereocenters. The number of benzene rings is 1. The van der Waals surface area contributed by atoms with Crippen molar-refractivity contribution in [2.24, 2.45) is 0 Å². The molecule has 1 fully saturated rings. The van der Waals surface area contributed by atoms with Crippen molar-refractivity contribution in [3.8, 4) is 5.75 Å². The Kier molecular flexibility index (Phi) is 6.56. The fourth-order valence-electron chi connectivity index (χ4n) is 3.25. The highest BCUT2D eigenvalue weighted by atomic mass is 16.6. The lowest BCUT2D eigenvalue weighted by molar-refractivity contribution is -0.145. The molecule has 0 amide bonds. The highest BCUT2D eigenvalue weighted by Crippen LogP contribution is 2.33. The van der Waals surface area contributed by atoms with E-state index in [-0.39, 0.29) is 12.6 Å². The average Bonchev–Trinajstić information content (AvgIpc) is 2.56. The van der Waals surface area contributed by atoms with Crippen molar-refractivity contribution in [1.29, 1.82) is 0 Å². The van der Waals surface area contributed by atoms with Crippen molar-refractivity contribution >= 4 is 17.3 Å². The second kappa shape index (κ2) is 8.65. The predicted octanol–water partition coefficient (Wildman–Crippen LogP) is 3.37. The smallest absolute Gasteiger partial charge is 0.344 e. The van der Waals surface area contributed by atoms with Crippen molar-refractivity contribution in [3.63, 3.8) is 0 Å². The molecule has 1 aliphatic carbocycles. The summed E-state index contributed by atoms with van der Waals surface area (Å²) in [6.45, 7) is 5.15. The van der Waals surface area contributed by atoms with Gasteiger partial charge in [0.05, 0.1) is 18.0 Å². The Hall–Kier alpha value is -1.91. The number of carbonyl (C=O) groups is 1. The van der Waals surface area contributed by atoms with Crippen LogP contribution in [0.15, 0.2) is 18.2 Å². The van der Waals surface area contributed by atoms with E-state index in [0.29, 0.717) is 24.1 Å². The fraction of sp³-hybridized carbons (Fsp3) is 0.611. The molecule has 0 saturated heterocycles. The molecule has 23 heavy (non-hydrogen) atoms. The number of hydrogen-bond donors (Lipinski definition) is 1. The molecule has 0 atom stereocenters. The molecule has 0 spiro atoms. The van der Waals surface area contributed by atoms with Crippen LogP contribution in [0.5, 0.6) is 5.75 Å². The van der Waals surface area contributed by atoms with Crippen LogP contribution in [0.3, 0.4) is 0 Å². The average molecular weight is 320 g/mol. The number of carbonyl (C=O) groups excluding carboxylic acids is 1. The summed E-state index contributed by atoms with van der Waals surface area (Å²) >= 11 is 0. The van der Waals surface area contributed by atoms with Gasteiger partial charge in [0.2, 0.25) is 0 Å². The lowest BCUT2D eigenvalue weighted by Crippen LogP contribution is -2.37. The topological polar surface area (TPSA) is 64.8 Å². The monoisotopic (exact) mass is 320 g/mol. The molecule has 0 heterocycles. The van der Waals surface area contributed by atoms with E-state index >= 15 is 0 Å². The van der Waals surface area contributed by atoms with Gasteiger partial charge in [0, 0.05) is 18.7 Å². The Labute approximate surface area is 138 Å². The highest BCUT2D eigenvalue weighted by molar-refractivity contribution is 5.72. The van der Waals surface area contributed by atoms with Gasteiger partial charge in [0.25, 0.3) is 0 Å². The summed E-state index contributed by atoms with van der Waals surface area (Å²) in [6.07, 6.45) is 6.39. The van der Waals surface area contributed by atoms with Crippen molar-refractivity contribution in [2.75, 3.05) is 30.4 Å². The number of nitrogens with zero attached hydrogens (tertiary/aromatic N) is 1. The molecule has 0 bridgehead atoms. The van der Waals surface area contributed by atoms with E-state index in [9.17, 15) is 4.79 Å². The third-order valence-corrected chi connectivity index (χ3v) is 4.33. The molecule has 5 nitrogen and oxygen atoms in total. The first-order valence-electron chi connectivity index (χ1n) is 8.60. The first kappa shape index (κ1) is 17.4. The molecule has 128 valence electrons. The summed E-state index contributed by atoms with van der Waals surface area (Å²) in [6, 6.07) is 6.23. The van der Waals surface area contributed by atoms with E-state index < -0.39 is 0 Å². The van der Waals surface area contributed by atoms with Crippen LogP contribution in [0.1, 0.15) is 46.0 Å². The van der Waals surface area contributed by atoms with E-state index in [4.69, 9.17) is 15.2 Å². The molecule has 2 N–H and O–H groups in total. The normalized spacial score (nSPS) is 15.2. The molecule has 1 aliphatic rings. The van der Waals surface area contributed by atoms with E-state index in [1.165, 1.54) is 32.1 Å². The van der Waals surface area contributed by atoms with Crippen LogP contribution in [0, 0.1) is 0 Å². The Morgan fingerprint density at radius 2 is 2.00 bits per heavy atom. The molecule has 1 aromatic carbocycles. The minimum absolute atomic E-state index is 0.0905. The van der Waals surface area contributed by atoms with Crippen molar-refractivity contribution in [2.45, 2.75) is 52.0 Å². The largest absolute Gasteiger partial charge is 0.482 e. The van der Waals surface area contributed by atoms with Crippen LogP contribution in [0.4, 0.5) is 11.4 Å². The van der Waals surface area contributed by atoms with Crippen LogP contribution < -0.4 is 15.4 Å². The number of nitrogens with two attached hydrogens (primary N) is 1. The lowest BCUT2D eigenvalue weighted by Gasteiger charge is -2.36. The maximum absolute atomic E-state index is 11.3. The van der Waals surface area contributed by atoms with Crippen LogP contribution in [0.25, 0.3) is 0 Å². The molecule has 1 saturated carbocycles. The molecular weight excluding hydrogens is 292 g/mol. The van der Waals surface area contributed by atoms with Crippen LogP contribution >= 0.6 is 0 Å². The van der Waals surface area contributed by atoms with Gasteiger partial charge in [-0.2, -0.15) is 0 Å². The first-order valence-corrected chi connectivity index (χ1v) is 8.60. The number of anilines is 2. The zero-order valence-corrected chi connectivity index (χ0v) is 14.2. The molecule has 0 aromatic heterocycles. The number of ether oxygens (including phenoxy) is 2. The van der Waals surface area contributed by atoms with E-state index in [0.717, 1.165) is 12.2 Å². The molecule has 1 aromatic rings. The van der Waals surface area contributed by atoms with E-state index in [2.05, 4.69) is 11.8 Å². The van der Waals surface area contributed by atoms with Gasteiger partial charge in [-0.15, -0.1) is 0 Å². The molecule has 2 rings (SSSR count). The summed E-state index contributed by atoms with van der Waals surface area (Å²) in [7, 11) is 0. The summed E-state index contributed by atoms with van der Waals surface area (Å²) in [5, 5.41) is 0. The summed E-state index contributed by atoms with van der Waals surface area (Å²) in [5.74, 6) is 0.228. The Bertz CT molecular complexity index is 513. The maximum atomic E-state index is 11.3. The quantitative estimate of drug-likeness (QED) is 0.616. The standard InChI is InChI=1S/C18H28N2O3/c1-3-20(14-8-6-5-7-9-14)17-11-10-15(12-16(17)19)23-13-18(21)22-4-2/h10-12,14H,3-9,13,19H2,1-2H3. The third-order valence-electron chi connectivity index (χ3n) is 4.33. The SMILES string of the molecule is CCOC(=O)COc1ccc(N(CC)C2CCCCC2)c(N)c1. The number of nitrogen functional groups attached to an aromatic ring is 1. The maximum Gasteiger partial charge on any atom is 0.344 e. The van der Waals surface area contributed by atoms with Gasteiger partial charge in [0.15, 0.2) is 6.61 Å². The Morgan fingerprint density at radius 1 is 1.26 bits per heavy atom. The van der Waals surface area contributed by atoms with Gasteiger partial charge >= 0.3 is 5.97 Å². The van der Waals surface area contributed by atoms with E-state index in [1.54, 1.807) is 13.0 Å². The van der Waals surface area contributed by atoms with Gasteiger partial charge in [-0.3, -0.25) is 0 Å². The second-order valence-corrected chi connectivity index (χ2v) is 5.89. The van der Waals surface area contributed by atoms with Crippen LogP contribution in [-0.2, 0) is 9.53 Å². The van der Waals surface area contributed by atoms with Gasteiger partial charge < -0.3 is 20.1 Å². The van der Waals surface area contributed by atoms with Crippen molar-refractivity contribution in [3.05, 3.63) is 18.2 Å². The third kappa shape index (κ3) is 4.78. The number of rotatable bonds is 7. The van der Waals surface area contributed by atoms with Gasteiger partial charge in [-0.1, -0.05) is 19.3 Å². The Morgan fingerprint density at radius 3 is 2.61 bits per heavy atom. The predicted molar refractivity (Wildman–Crippen MR) is 92.9 cm³/mol. The van der Waals surface area contributed by atoms with Crippen molar-refractivity contribution < 1.29 is 14.3 Å². The number of esters is 1. The van der Waals surface area contributed by atoms with Crippen LogP contribution in [-0.4, -0.2) is 31.8 Å². The minimum Gasteiger partial charge on any atom is -0.482 e. The first-order chi connectivity index (χ1) is 11.2. The molecule has 5 heteroatoms. The molecular formula is C18H28N2O3. The summed E-state index contributed by atoms with van der Waals surface area (Å²) in [5.41, 5.74) is 7.98. The Balaban J connectivity index is 2.03. The second-order valence-electron chi connectivity index (χ2n) is 5.89. The van der Waals surface area contributed by atoms with Crippen LogP contribution in [0.2, 0.25) is 0 Å². The molecule has 0 radical (unpaired) electrons. The number of hydrogen-bond acceptors (Lipinski definition) is 5.